The molecule has 1 heterocycles. The number of esters is 1. The van der Waals surface area contributed by atoms with Crippen LogP contribution in [0.5, 0.6) is 5.75 Å². The van der Waals surface area contributed by atoms with E-state index in [0.29, 0.717) is 29.7 Å². The van der Waals surface area contributed by atoms with Crippen LogP contribution in [0.2, 0.25) is 0 Å². The molecule has 3 aromatic rings. The molecular formula is C29H20FNO4. The van der Waals surface area contributed by atoms with Crippen molar-refractivity contribution in [2.45, 2.75) is 25.2 Å². The van der Waals surface area contributed by atoms with Gasteiger partial charge in [0, 0.05) is 34.7 Å². The molecule has 1 aliphatic heterocycles. The van der Waals surface area contributed by atoms with E-state index in [1.165, 1.54) is 24.3 Å². The summed E-state index contributed by atoms with van der Waals surface area (Å²) in [4.78, 5) is 43.8. The van der Waals surface area contributed by atoms with E-state index in [-0.39, 0.29) is 17.1 Å². The summed E-state index contributed by atoms with van der Waals surface area (Å²) in [7, 11) is 0. The molecule has 0 fully saturated rings. The van der Waals surface area contributed by atoms with Crippen molar-refractivity contribution >= 4 is 23.2 Å². The van der Waals surface area contributed by atoms with Crippen molar-refractivity contribution in [3.63, 3.8) is 0 Å². The maximum Gasteiger partial charge on any atom is 0.343 e. The van der Waals surface area contributed by atoms with Crippen molar-refractivity contribution in [3.05, 3.63) is 112 Å². The molecule has 2 aliphatic carbocycles. The zero-order chi connectivity index (χ0) is 24.1. The SMILES string of the molecule is O=C1CCCC2=C1[C@@H](c1ccc(OC(=O)c3ccc(F)cc3)cc1)[C@H]1C(=O)c3ccccc3C1=N2. The first kappa shape index (κ1) is 21.4. The van der Waals surface area contributed by atoms with Crippen LogP contribution in [0.25, 0.3) is 0 Å². The largest absolute Gasteiger partial charge is 0.423 e. The van der Waals surface area contributed by atoms with E-state index >= 15 is 0 Å². The van der Waals surface area contributed by atoms with Gasteiger partial charge in [-0.2, -0.15) is 0 Å². The van der Waals surface area contributed by atoms with Gasteiger partial charge in [0.15, 0.2) is 11.6 Å². The summed E-state index contributed by atoms with van der Waals surface area (Å²) in [5.41, 5.74) is 4.64. The van der Waals surface area contributed by atoms with Gasteiger partial charge in [0.05, 0.1) is 17.2 Å². The van der Waals surface area contributed by atoms with E-state index in [1.807, 2.05) is 24.3 Å². The second-order valence-corrected chi connectivity index (χ2v) is 8.96. The standard InChI is InChI=1S/C29H20FNO4/c30-18-12-8-17(9-13-18)29(34)35-19-14-10-16(11-15-19)24-25-22(6-3-7-23(25)32)31-27-20-4-1-2-5-21(20)28(33)26(24)27/h1-2,4-5,8-15,24,26H,3,6-7H2/t24-,26-/m1/s1. The number of hydrogen-bond acceptors (Lipinski definition) is 5. The fourth-order valence-corrected chi connectivity index (χ4v) is 5.30. The lowest BCUT2D eigenvalue weighted by Crippen LogP contribution is -2.33. The van der Waals surface area contributed by atoms with E-state index in [4.69, 9.17) is 9.73 Å². The van der Waals surface area contributed by atoms with Gasteiger partial charge < -0.3 is 4.74 Å². The lowest BCUT2D eigenvalue weighted by atomic mass is 9.71. The maximum absolute atomic E-state index is 13.5. The number of allylic oxidation sites excluding steroid dienone is 2. The Morgan fingerprint density at radius 1 is 0.857 bits per heavy atom. The predicted octanol–water partition coefficient (Wildman–Crippen LogP) is 5.45. The summed E-state index contributed by atoms with van der Waals surface area (Å²) in [6.45, 7) is 0. The Balaban J connectivity index is 1.36. The number of ketones is 2. The summed E-state index contributed by atoms with van der Waals surface area (Å²) in [5, 5.41) is 0. The molecule has 0 N–H and O–H groups in total. The number of hydrogen-bond donors (Lipinski definition) is 0. The number of carbonyl (C=O) groups excluding carboxylic acids is 3. The third-order valence-electron chi connectivity index (χ3n) is 6.90. The van der Waals surface area contributed by atoms with E-state index in [0.717, 1.165) is 29.0 Å². The Morgan fingerprint density at radius 3 is 2.31 bits per heavy atom. The second kappa shape index (κ2) is 8.24. The van der Waals surface area contributed by atoms with Crippen molar-refractivity contribution in [1.82, 2.24) is 0 Å². The molecule has 3 aliphatic rings. The monoisotopic (exact) mass is 465 g/mol. The highest BCUT2D eigenvalue weighted by molar-refractivity contribution is 6.30. The summed E-state index contributed by atoms with van der Waals surface area (Å²) >= 11 is 0. The molecule has 0 radical (unpaired) electrons. The Bertz CT molecular complexity index is 1450. The molecule has 0 spiro atoms. The summed E-state index contributed by atoms with van der Waals surface area (Å²) in [6.07, 6.45) is 1.90. The van der Waals surface area contributed by atoms with Gasteiger partial charge in [0.25, 0.3) is 0 Å². The van der Waals surface area contributed by atoms with Gasteiger partial charge in [0.1, 0.15) is 11.6 Å². The van der Waals surface area contributed by atoms with Crippen LogP contribution in [0, 0.1) is 11.7 Å². The number of nitrogens with zero attached hydrogens (tertiary/aromatic N) is 1. The highest BCUT2D eigenvalue weighted by Gasteiger charge is 2.48. The Hall–Kier alpha value is -4.19. The molecule has 0 aromatic heterocycles. The van der Waals surface area contributed by atoms with Gasteiger partial charge in [-0.1, -0.05) is 36.4 Å². The first-order valence-electron chi connectivity index (χ1n) is 11.6. The minimum absolute atomic E-state index is 0.0268. The van der Waals surface area contributed by atoms with Crippen LogP contribution >= 0.6 is 0 Å². The third kappa shape index (κ3) is 3.53. The minimum atomic E-state index is -0.598. The predicted molar refractivity (Wildman–Crippen MR) is 127 cm³/mol. The minimum Gasteiger partial charge on any atom is -0.423 e. The average Bonchev–Trinajstić information content (AvgIpc) is 3.16. The first-order valence-corrected chi connectivity index (χ1v) is 11.6. The molecule has 0 saturated carbocycles. The van der Waals surface area contributed by atoms with Gasteiger partial charge >= 0.3 is 5.97 Å². The summed E-state index contributed by atoms with van der Waals surface area (Å²) in [6, 6.07) is 19.5. The van der Waals surface area contributed by atoms with E-state index < -0.39 is 23.6 Å². The molecule has 5 nitrogen and oxygen atoms in total. The average molecular weight is 465 g/mol. The lowest BCUT2D eigenvalue weighted by Gasteiger charge is -2.33. The quantitative estimate of drug-likeness (QED) is 0.381. The van der Waals surface area contributed by atoms with Crippen molar-refractivity contribution in [2.75, 3.05) is 0 Å². The molecule has 172 valence electrons. The number of fused-ring (bicyclic) bond motifs is 3. The molecule has 0 saturated heterocycles. The topological polar surface area (TPSA) is 72.8 Å². The molecule has 0 amide bonds. The Morgan fingerprint density at radius 2 is 1.57 bits per heavy atom. The zero-order valence-corrected chi connectivity index (χ0v) is 18.7. The number of benzene rings is 3. The van der Waals surface area contributed by atoms with E-state index in [1.54, 1.807) is 24.3 Å². The van der Waals surface area contributed by atoms with Crippen LogP contribution in [-0.4, -0.2) is 23.2 Å². The van der Waals surface area contributed by atoms with Crippen LogP contribution in [0.1, 0.15) is 57.0 Å². The summed E-state index contributed by atoms with van der Waals surface area (Å²) in [5.74, 6) is -1.70. The summed E-state index contributed by atoms with van der Waals surface area (Å²) < 4.78 is 18.6. The maximum atomic E-state index is 13.5. The first-order chi connectivity index (χ1) is 17.0. The zero-order valence-electron chi connectivity index (χ0n) is 18.7. The van der Waals surface area contributed by atoms with Crippen LogP contribution in [0.3, 0.4) is 0 Å². The molecule has 3 aromatic carbocycles. The molecule has 2 atom stereocenters. The highest BCUT2D eigenvalue weighted by atomic mass is 19.1. The van der Waals surface area contributed by atoms with Crippen LogP contribution < -0.4 is 4.74 Å². The fraction of sp³-hybridized carbons (Fsp3) is 0.172. The van der Waals surface area contributed by atoms with E-state index in [9.17, 15) is 18.8 Å². The van der Waals surface area contributed by atoms with Crippen molar-refractivity contribution < 1.29 is 23.5 Å². The van der Waals surface area contributed by atoms with Crippen LogP contribution in [0.4, 0.5) is 4.39 Å². The Labute approximate surface area is 201 Å². The Kier molecular flexibility index (Phi) is 5.02. The number of halogens is 1. The molecule has 6 heteroatoms. The van der Waals surface area contributed by atoms with E-state index in [2.05, 4.69) is 0 Å². The smallest absolute Gasteiger partial charge is 0.343 e. The number of aliphatic imine (C=N–C) groups is 1. The number of ether oxygens (including phenoxy) is 1. The molecule has 0 bridgehead atoms. The van der Waals surface area contributed by atoms with Gasteiger partial charge in [-0.25, -0.2) is 9.18 Å². The number of Topliss-reactive ketones (excluding diaryl/α,β-unsaturated/α-hetero) is 2. The number of rotatable bonds is 3. The lowest BCUT2D eigenvalue weighted by molar-refractivity contribution is -0.116. The normalized spacial score (nSPS) is 20.7. The highest BCUT2D eigenvalue weighted by Crippen LogP contribution is 2.48. The van der Waals surface area contributed by atoms with Crippen molar-refractivity contribution in [2.24, 2.45) is 10.9 Å². The fourth-order valence-electron chi connectivity index (χ4n) is 5.30. The third-order valence-corrected chi connectivity index (χ3v) is 6.90. The van der Waals surface area contributed by atoms with Crippen molar-refractivity contribution in [3.8, 4) is 5.75 Å². The number of carbonyl (C=O) groups is 3. The van der Waals surface area contributed by atoms with Gasteiger partial charge in [-0.05, 0) is 54.8 Å². The van der Waals surface area contributed by atoms with Crippen LogP contribution in [0.15, 0.2) is 89.1 Å². The van der Waals surface area contributed by atoms with Crippen LogP contribution in [-0.2, 0) is 4.79 Å². The van der Waals surface area contributed by atoms with Gasteiger partial charge in [0.2, 0.25) is 0 Å². The molecule has 6 rings (SSSR count). The second-order valence-electron chi connectivity index (χ2n) is 8.96. The molecule has 0 unspecified atom stereocenters. The van der Waals surface area contributed by atoms with Crippen molar-refractivity contribution in [1.29, 1.82) is 0 Å². The van der Waals surface area contributed by atoms with Gasteiger partial charge in [-0.3, -0.25) is 14.6 Å². The molecular weight excluding hydrogens is 445 g/mol. The van der Waals surface area contributed by atoms with Gasteiger partial charge in [-0.15, -0.1) is 0 Å². The molecule has 35 heavy (non-hydrogen) atoms.